The van der Waals surface area contributed by atoms with Gasteiger partial charge in [0.2, 0.25) is 10.0 Å². The molecular weight excluding hydrogens is 398 g/mol. The van der Waals surface area contributed by atoms with E-state index in [2.05, 4.69) is 5.32 Å². The van der Waals surface area contributed by atoms with Crippen LogP contribution in [0.2, 0.25) is 0 Å². The number of rotatable bonds is 5. The second kappa shape index (κ2) is 9.11. The van der Waals surface area contributed by atoms with Crippen LogP contribution in [0, 0.1) is 12.3 Å². The number of aryl methyl sites for hydroxylation is 1. The number of piperidine rings is 1. The molecule has 2 fully saturated rings. The predicted molar refractivity (Wildman–Crippen MR) is 114 cm³/mol. The highest BCUT2D eigenvalue weighted by Gasteiger charge is 2.38. The maximum absolute atomic E-state index is 13.0. The van der Waals surface area contributed by atoms with Crippen LogP contribution in [0.1, 0.15) is 49.0 Å². The summed E-state index contributed by atoms with van der Waals surface area (Å²) < 4.78 is 27.3. The SMILES string of the molecule is CCN(CC)S(=O)(=O)c1cc(C(=O)N2CCC3(CCNC3)CC2)ccc1C.Cl. The maximum Gasteiger partial charge on any atom is 0.253 e. The van der Waals surface area contributed by atoms with E-state index in [9.17, 15) is 13.2 Å². The molecule has 1 amide bonds. The van der Waals surface area contributed by atoms with Crippen LogP contribution in [-0.2, 0) is 10.0 Å². The molecule has 158 valence electrons. The molecule has 3 rings (SSSR count). The van der Waals surface area contributed by atoms with Crippen LogP contribution in [0.5, 0.6) is 0 Å². The summed E-state index contributed by atoms with van der Waals surface area (Å²) in [5.74, 6) is -0.0631. The van der Waals surface area contributed by atoms with Crippen LogP contribution in [0.3, 0.4) is 0 Å². The number of amides is 1. The summed E-state index contributed by atoms with van der Waals surface area (Å²) in [5.41, 5.74) is 1.49. The molecule has 1 N–H and O–H groups in total. The first-order chi connectivity index (χ1) is 12.8. The third kappa shape index (κ3) is 4.37. The third-order valence-electron chi connectivity index (χ3n) is 6.20. The quantitative estimate of drug-likeness (QED) is 0.781. The zero-order valence-corrected chi connectivity index (χ0v) is 18.7. The summed E-state index contributed by atoms with van der Waals surface area (Å²) in [6.45, 7) is 9.86. The van der Waals surface area contributed by atoms with Crippen molar-refractivity contribution in [1.29, 1.82) is 0 Å². The fourth-order valence-corrected chi connectivity index (χ4v) is 6.01. The zero-order chi connectivity index (χ0) is 19.7. The Kier molecular flexibility index (Phi) is 7.53. The minimum atomic E-state index is -3.58. The van der Waals surface area contributed by atoms with Gasteiger partial charge in [0.05, 0.1) is 4.90 Å². The molecule has 1 spiro atoms. The molecule has 2 heterocycles. The Morgan fingerprint density at radius 2 is 1.82 bits per heavy atom. The van der Waals surface area contributed by atoms with Crippen molar-refractivity contribution in [1.82, 2.24) is 14.5 Å². The van der Waals surface area contributed by atoms with Gasteiger partial charge in [0.25, 0.3) is 5.91 Å². The highest BCUT2D eigenvalue weighted by atomic mass is 35.5. The lowest BCUT2D eigenvalue weighted by molar-refractivity contribution is 0.0607. The van der Waals surface area contributed by atoms with Crippen LogP contribution in [0.25, 0.3) is 0 Å². The molecule has 28 heavy (non-hydrogen) atoms. The molecule has 2 aliphatic rings. The van der Waals surface area contributed by atoms with E-state index in [1.54, 1.807) is 25.1 Å². The Balaban J connectivity index is 0.00000280. The number of sulfonamides is 1. The van der Waals surface area contributed by atoms with Crippen LogP contribution in [-0.4, -0.2) is 62.8 Å². The first-order valence-electron chi connectivity index (χ1n) is 9.94. The summed E-state index contributed by atoms with van der Waals surface area (Å²) in [5, 5.41) is 3.44. The van der Waals surface area contributed by atoms with Gasteiger partial charge in [-0.3, -0.25) is 4.79 Å². The van der Waals surface area contributed by atoms with Gasteiger partial charge in [-0.2, -0.15) is 4.31 Å². The predicted octanol–water partition coefficient (Wildman–Crippen LogP) is 2.66. The molecule has 0 radical (unpaired) electrons. The standard InChI is InChI=1S/C20H31N3O3S.ClH/c1-4-23(5-2)27(25,26)18-14-17(7-6-16(18)3)19(24)22-12-9-20(10-13-22)8-11-21-15-20;/h6-7,14,21H,4-5,8-13,15H2,1-3H3;1H. The molecule has 0 aromatic heterocycles. The summed E-state index contributed by atoms with van der Waals surface area (Å²) >= 11 is 0. The Labute approximate surface area is 175 Å². The van der Waals surface area contributed by atoms with Crippen LogP contribution < -0.4 is 5.32 Å². The number of carbonyl (C=O) groups is 1. The van der Waals surface area contributed by atoms with E-state index < -0.39 is 10.0 Å². The van der Waals surface area contributed by atoms with Crippen molar-refractivity contribution in [2.45, 2.75) is 44.9 Å². The van der Waals surface area contributed by atoms with E-state index in [-0.39, 0.29) is 23.2 Å². The molecule has 1 aromatic carbocycles. The normalized spacial score (nSPS) is 19.1. The highest BCUT2D eigenvalue weighted by Crippen LogP contribution is 2.37. The zero-order valence-electron chi connectivity index (χ0n) is 17.0. The van der Waals surface area contributed by atoms with Gasteiger partial charge in [-0.1, -0.05) is 19.9 Å². The Morgan fingerprint density at radius 3 is 2.36 bits per heavy atom. The van der Waals surface area contributed by atoms with Crippen molar-refractivity contribution in [3.8, 4) is 0 Å². The molecule has 0 atom stereocenters. The minimum Gasteiger partial charge on any atom is -0.339 e. The van der Waals surface area contributed by atoms with Crippen molar-refractivity contribution < 1.29 is 13.2 Å². The summed E-state index contributed by atoms with van der Waals surface area (Å²) in [7, 11) is -3.58. The Bertz CT molecular complexity index is 793. The van der Waals surface area contributed by atoms with E-state index in [1.807, 2.05) is 18.7 Å². The van der Waals surface area contributed by atoms with Gasteiger partial charge in [-0.05, 0) is 55.8 Å². The first-order valence-corrected chi connectivity index (χ1v) is 11.4. The summed E-state index contributed by atoms with van der Waals surface area (Å²) in [4.78, 5) is 15.1. The highest BCUT2D eigenvalue weighted by molar-refractivity contribution is 7.89. The van der Waals surface area contributed by atoms with Crippen molar-refractivity contribution >= 4 is 28.3 Å². The molecule has 0 unspecified atom stereocenters. The molecule has 0 aliphatic carbocycles. The second-order valence-corrected chi connectivity index (χ2v) is 9.69. The lowest BCUT2D eigenvalue weighted by Gasteiger charge is -2.39. The van der Waals surface area contributed by atoms with Gasteiger partial charge < -0.3 is 10.2 Å². The van der Waals surface area contributed by atoms with Gasteiger partial charge in [0.1, 0.15) is 0 Å². The lowest BCUT2D eigenvalue weighted by atomic mass is 9.78. The number of likely N-dealkylation sites (tertiary alicyclic amines) is 1. The fourth-order valence-electron chi connectivity index (χ4n) is 4.30. The van der Waals surface area contributed by atoms with Crippen molar-refractivity contribution in [2.75, 3.05) is 39.3 Å². The van der Waals surface area contributed by atoms with E-state index >= 15 is 0 Å². The van der Waals surface area contributed by atoms with E-state index in [0.29, 0.717) is 29.6 Å². The molecule has 1 aromatic rings. The summed E-state index contributed by atoms with van der Waals surface area (Å²) in [6, 6.07) is 5.06. The number of nitrogens with zero attached hydrogens (tertiary/aromatic N) is 2. The molecule has 0 bridgehead atoms. The van der Waals surface area contributed by atoms with E-state index in [0.717, 1.165) is 39.0 Å². The number of nitrogens with one attached hydrogen (secondary N) is 1. The van der Waals surface area contributed by atoms with Crippen LogP contribution >= 0.6 is 12.4 Å². The van der Waals surface area contributed by atoms with Gasteiger partial charge in [0.15, 0.2) is 0 Å². The monoisotopic (exact) mass is 429 g/mol. The molecule has 2 saturated heterocycles. The molecular formula is C20H32ClN3O3S. The fraction of sp³-hybridized carbons (Fsp3) is 0.650. The number of benzene rings is 1. The number of carbonyl (C=O) groups excluding carboxylic acids is 1. The minimum absolute atomic E-state index is 0. The van der Waals surface area contributed by atoms with Crippen molar-refractivity contribution in [3.63, 3.8) is 0 Å². The Morgan fingerprint density at radius 1 is 1.18 bits per heavy atom. The van der Waals surface area contributed by atoms with Gasteiger partial charge >= 0.3 is 0 Å². The van der Waals surface area contributed by atoms with Gasteiger partial charge in [-0.25, -0.2) is 8.42 Å². The molecule has 2 aliphatic heterocycles. The first kappa shape index (κ1) is 23.1. The molecule has 6 nitrogen and oxygen atoms in total. The number of hydrogen-bond donors (Lipinski definition) is 1. The summed E-state index contributed by atoms with van der Waals surface area (Å²) in [6.07, 6.45) is 3.22. The average molecular weight is 430 g/mol. The topological polar surface area (TPSA) is 69.7 Å². The smallest absolute Gasteiger partial charge is 0.253 e. The van der Waals surface area contributed by atoms with Crippen LogP contribution in [0.4, 0.5) is 0 Å². The number of hydrogen-bond acceptors (Lipinski definition) is 4. The third-order valence-corrected chi connectivity index (χ3v) is 8.39. The van der Waals surface area contributed by atoms with Crippen LogP contribution in [0.15, 0.2) is 23.1 Å². The van der Waals surface area contributed by atoms with Gasteiger partial charge in [0, 0.05) is 38.3 Å². The Hall–Kier alpha value is -1.15. The second-order valence-electron chi connectivity index (χ2n) is 7.79. The van der Waals surface area contributed by atoms with E-state index in [1.165, 1.54) is 10.7 Å². The average Bonchev–Trinajstić information content (AvgIpc) is 3.11. The number of halogens is 1. The van der Waals surface area contributed by atoms with E-state index in [4.69, 9.17) is 0 Å². The van der Waals surface area contributed by atoms with Crippen molar-refractivity contribution in [2.24, 2.45) is 5.41 Å². The largest absolute Gasteiger partial charge is 0.339 e. The molecule has 8 heteroatoms. The van der Waals surface area contributed by atoms with Gasteiger partial charge in [-0.15, -0.1) is 12.4 Å². The van der Waals surface area contributed by atoms with Crippen molar-refractivity contribution in [3.05, 3.63) is 29.3 Å². The molecule has 0 saturated carbocycles. The lowest BCUT2D eigenvalue weighted by Crippen LogP contribution is -2.44. The maximum atomic E-state index is 13.0.